The number of aryl methyl sites for hydroxylation is 1. The fourth-order valence-electron chi connectivity index (χ4n) is 2.94. The van der Waals surface area contributed by atoms with Gasteiger partial charge in [0.05, 0.1) is 18.1 Å². The lowest BCUT2D eigenvalue weighted by Gasteiger charge is -2.26. The van der Waals surface area contributed by atoms with Gasteiger partial charge < -0.3 is 10.1 Å². The third-order valence-corrected chi connectivity index (χ3v) is 5.20. The number of nitrogens with one attached hydrogen (secondary N) is 1. The number of amides is 1. The van der Waals surface area contributed by atoms with Crippen molar-refractivity contribution in [2.75, 3.05) is 39.4 Å². The Labute approximate surface area is 136 Å². The molecule has 118 valence electrons. The quantitative estimate of drug-likeness (QED) is 0.919. The molecule has 1 aliphatic carbocycles. The zero-order valence-corrected chi connectivity index (χ0v) is 13.9. The van der Waals surface area contributed by atoms with Crippen molar-refractivity contribution >= 4 is 29.7 Å². The van der Waals surface area contributed by atoms with Crippen molar-refractivity contribution in [1.29, 1.82) is 0 Å². The summed E-state index contributed by atoms with van der Waals surface area (Å²) in [6.45, 7) is 5.22. The molecule has 3 rings (SSSR count). The molecule has 0 spiro atoms. The second kappa shape index (κ2) is 8.13. The summed E-state index contributed by atoms with van der Waals surface area (Å²) in [5, 5.41) is 5.24. The van der Waals surface area contributed by atoms with Gasteiger partial charge in [-0.3, -0.25) is 9.69 Å². The average Bonchev–Trinajstić information content (AvgIpc) is 2.92. The van der Waals surface area contributed by atoms with E-state index in [0.29, 0.717) is 0 Å². The van der Waals surface area contributed by atoms with Crippen LogP contribution in [0.1, 0.15) is 33.6 Å². The van der Waals surface area contributed by atoms with Crippen molar-refractivity contribution in [2.24, 2.45) is 0 Å². The second-order valence-electron chi connectivity index (χ2n) is 5.49. The first-order valence-corrected chi connectivity index (χ1v) is 8.40. The van der Waals surface area contributed by atoms with Gasteiger partial charge in [0.25, 0.3) is 5.91 Å². The highest BCUT2D eigenvalue weighted by Crippen LogP contribution is 2.29. The fraction of sp³-hybridized carbons (Fsp3) is 0.667. The maximum atomic E-state index is 12.3. The molecule has 2 heterocycles. The van der Waals surface area contributed by atoms with Gasteiger partial charge in [0, 0.05) is 26.2 Å². The van der Waals surface area contributed by atoms with Crippen LogP contribution in [0.3, 0.4) is 0 Å². The maximum Gasteiger partial charge on any atom is 0.261 e. The van der Waals surface area contributed by atoms with Gasteiger partial charge in [0.1, 0.15) is 0 Å². The first-order valence-electron chi connectivity index (χ1n) is 7.52. The number of hydrogen-bond acceptors (Lipinski definition) is 4. The molecule has 6 heteroatoms. The van der Waals surface area contributed by atoms with Crippen LogP contribution in [0.5, 0.6) is 0 Å². The van der Waals surface area contributed by atoms with E-state index < -0.39 is 0 Å². The Morgan fingerprint density at radius 1 is 1.29 bits per heavy atom. The molecule has 0 bridgehead atoms. The molecule has 1 N–H and O–H groups in total. The highest BCUT2D eigenvalue weighted by molar-refractivity contribution is 7.12. The molecule has 0 atom stereocenters. The largest absolute Gasteiger partial charge is 0.379 e. The van der Waals surface area contributed by atoms with Crippen LogP contribution in [-0.4, -0.2) is 50.2 Å². The summed E-state index contributed by atoms with van der Waals surface area (Å²) < 4.78 is 5.32. The number of morpholine rings is 1. The molecule has 0 radical (unpaired) electrons. The van der Waals surface area contributed by atoms with Gasteiger partial charge in [-0.15, -0.1) is 23.7 Å². The third kappa shape index (κ3) is 4.19. The highest BCUT2D eigenvalue weighted by atomic mass is 35.5. The van der Waals surface area contributed by atoms with E-state index in [4.69, 9.17) is 4.74 Å². The molecule has 0 aromatic carbocycles. The van der Waals surface area contributed by atoms with Crippen molar-refractivity contribution < 1.29 is 9.53 Å². The first-order chi connectivity index (χ1) is 9.84. The van der Waals surface area contributed by atoms with E-state index in [-0.39, 0.29) is 18.3 Å². The van der Waals surface area contributed by atoms with E-state index in [1.54, 1.807) is 11.3 Å². The molecule has 4 nitrogen and oxygen atoms in total. The Hall–Kier alpha value is -0.620. The molecular formula is C15H23ClN2O2S. The highest BCUT2D eigenvalue weighted by Gasteiger charge is 2.20. The number of rotatable bonds is 4. The van der Waals surface area contributed by atoms with Gasteiger partial charge in [0.2, 0.25) is 0 Å². The topological polar surface area (TPSA) is 41.6 Å². The number of carbonyl (C=O) groups is 1. The van der Waals surface area contributed by atoms with Crippen LogP contribution >= 0.6 is 23.7 Å². The number of carbonyl (C=O) groups excluding carboxylic acids is 1. The van der Waals surface area contributed by atoms with Gasteiger partial charge in [-0.1, -0.05) is 0 Å². The summed E-state index contributed by atoms with van der Waals surface area (Å²) in [7, 11) is 0. The summed E-state index contributed by atoms with van der Waals surface area (Å²) in [6.07, 6.45) is 4.71. The Morgan fingerprint density at radius 2 is 2.05 bits per heavy atom. The Morgan fingerprint density at radius 3 is 2.86 bits per heavy atom. The smallest absolute Gasteiger partial charge is 0.261 e. The van der Waals surface area contributed by atoms with Crippen molar-refractivity contribution in [3.05, 3.63) is 21.4 Å². The summed E-state index contributed by atoms with van der Waals surface area (Å²) in [4.78, 5) is 15.6. The van der Waals surface area contributed by atoms with Crippen LogP contribution in [-0.2, 0) is 17.6 Å². The summed E-state index contributed by atoms with van der Waals surface area (Å²) in [5.41, 5.74) is 2.71. The molecule has 0 saturated carbocycles. The fourth-order valence-corrected chi connectivity index (χ4v) is 4.02. The first kappa shape index (κ1) is 16.7. The molecule has 21 heavy (non-hydrogen) atoms. The van der Waals surface area contributed by atoms with E-state index in [9.17, 15) is 4.79 Å². The minimum absolute atomic E-state index is 0. The molecule has 1 aromatic heterocycles. The second-order valence-corrected chi connectivity index (χ2v) is 6.37. The van der Waals surface area contributed by atoms with Gasteiger partial charge in [-0.2, -0.15) is 0 Å². The zero-order valence-electron chi connectivity index (χ0n) is 12.2. The minimum Gasteiger partial charge on any atom is -0.379 e. The van der Waals surface area contributed by atoms with Crippen LogP contribution in [0.4, 0.5) is 0 Å². The predicted molar refractivity (Wildman–Crippen MR) is 87.8 cm³/mol. The third-order valence-electron chi connectivity index (χ3n) is 4.13. The normalized spacial score (nSPS) is 18.7. The Kier molecular flexibility index (Phi) is 6.48. The summed E-state index contributed by atoms with van der Waals surface area (Å²) in [5.74, 6) is 0.117. The lowest BCUT2D eigenvalue weighted by atomic mass is 9.94. The summed E-state index contributed by atoms with van der Waals surface area (Å²) in [6, 6.07) is 0. The molecule has 1 saturated heterocycles. The van der Waals surface area contributed by atoms with Gasteiger partial charge in [-0.25, -0.2) is 0 Å². The van der Waals surface area contributed by atoms with Gasteiger partial charge in [0.15, 0.2) is 0 Å². The molecule has 1 amide bonds. The van der Waals surface area contributed by atoms with Crippen LogP contribution in [0.25, 0.3) is 0 Å². The average molecular weight is 331 g/mol. The van der Waals surface area contributed by atoms with Crippen LogP contribution in [0.2, 0.25) is 0 Å². The standard InChI is InChI=1S/C15H22N2O2S.ClH/c18-15(16-5-6-17-7-9-19-10-8-17)14-13-4-2-1-3-12(13)11-20-14;/h11H,1-10H2,(H,16,18);1H. The van der Waals surface area contributed by atoms with E-state index in [2.05, 4.69) is 15.6 Å². The molecule has 1 fully saturated rings. The molecule has 1 aromatic rings. The van der Waals surface area contributed by atoms with Crippen molar-refractivity contribution in [3.63, 3.8) is 0 Å². The van der Waals surface area contributed by atoms with Crippen LogP contribution in [0.15, 0.2) is 5.38 Å². The molecule has 2 aliphatic rings. The SMILES string of the molecule is Cl.O=C(NCCN1CCOCC1)c1scc2c1CCCC2. The molecular weight excluding hydrogens is 308 g/mol. The van der Waals surface area contributed by atoms with Crippen molar-refractivity contribution in [2.45, 2.75) is 25.7 Å². The van der Waals surface area contributed by atoms with Crippen LogP contribution in [0, 0.1) is 0 Å². The lowest BCUT2D eigenvalue weighted by molar-refractivity contribution is 0.0383. The number of hydrogen-bond donors (Lipinski definition) is 1. The van der Waals surface area contributed by atoms with Crippen molar-refractivity contribution in [1.82, 2.24) is 10.2 Å². The predicted octanol–water partition coefficient (Wildman–Crippen LogP) is 2.11. The zero-order chi connectivity index (χ0) is 13.8. The van der Waals surface area contributed by atoms with E-state index in [1.807, 2.05) is 0 Å². The minimum atomic E-state index is 0. The maximum absolute atomic E-state index is 12.3. The lowest BCUT2D eigenvalue weighted by Crippen LogP contribution is -2.41. The van der Waals surface area contributed by atoms with Gasteiger partial charge >= 0.3 is 0 Å². The molecule has 1 aliphatic heterocycles. The monoisotopic (exact) mass is 330 g/mol. The van der Waals surface area contributed by atoms with E-state index in [0.717, 1.165) is 57.1 Å². The number of nitrogens with zero attached hydrogens (tertiary/aromatic N) is 1. The molecule has 0 unspecified atom stereocenters. The number of halogens is 1. The number of thiophene rings is 1. The number of ether oxygens (including phenoxy) is 1. The van der Waals surface area contributed by atoms with Crippen molar-refractivity contribution in [3.8, 4) is 0 Å². The number of fused-ring (bicyclic) bond motifs is 1. The van der Waals surface area contributed by atoms with Crippen LogP contribution < -0.4 is 5.32 Å². The summed E-state index contributed by atoms with van der Waals surface area (Å²) >= 11 is 1.61. The van der Waals surface area contributed by atoms with Gasteiger partial charge in [-0.05, 0) is 42.2 Å². The Balaban J connectivity index is 0.00000161. The Bertz CT molecular complexity index is 472. The van der Waals surface area contributed by atoms with E-state index >= 15 is 0 Å². The van der Waals surface area contributed by atoms with E-state index in [1.165, 1.54) is 24.0 Å².